The van der Waals surface area contributed by atoms with Gasteiger partial charge >= 0.3 is 0 Å². The highest BCUT2D eigenvalue weighted by atomic mass is 35.5. The molecular weight excluding hydrogens is 410 g/mol. The molecular formula is C24H22ClN5O. The third kappa shape index (κ3) is 4.75. The summed E-state index contributed by atoms with van der Waals surface area (Å²) in [5, 5.41) is 5.69. The number of carbonyl (C=O) groups is 1. The van der Waals surface area contributed by atoms with Crippen molar-refractivity contribution >= 4 is 35.6 Å². The molecule has 4 rings (SSSR count). The third-order valence-electron chi connectivity index (χ3n) is 5.13. The molecule has 1 amide bonds. The van der Waals surface area contributed by atoms with E-state index in [0.29, 0.717) is 29.5 Å². The van der Waals surface area contributed by atoms with Crippen LogP contribution in [0.15, 0.2) is 61.1 Å². The van der Waals surface area contributed by atoms with Gasteiger partial charge in [-0.25, -0.2) is 4.98 Å². The summed E-state index contributed by atoms with van der Waals surface area (Å²) in [5.41, 5.74) is 9.74. The van der Waals surface area contributed by atoms with Crippen molar-refractivity contribution in [3.05, 3.63) is 98.9 Å². The lowest BCUT2D eigenvalue weighted by molar-refractivity contribution is 0.0950. The highest BCUT2D eigenvalue weighted by Gasteiger charge is 2.12. The minimum atomic E-state index is -0.176. The minimum Gasteiger partial charge on any atom is -0.384 e. The zero-order valence-corrected chi connectivity index (χ0v) is 17.9. The van der Waals surface area contributed by atoms with Gasteiger partial charge in [0, 0.05) is 41.4 Å². The number of amides is 1. The molecule has 31 heavy (non-hydrogen) atoms. The number of pyridine rings is 2. The van der Waals surface area contributed by atoms with Crippen molar-refractivity contribution in [1.82, 2.24) is 20.2 Å². The Hall–Kier alpha value is -3.64. The molecule has 3 heterocycles. The van der Waals surface area contributed by atoms with Crippen LogP contribution in [-0.2, 0) is 13.1 Å². The summed E-state index contributed by atoms with van der Waals surface area (Å²) in [6.07, 6.45) is 7.32. The number of aryl methyl sites for hydroxylation is 1. The summed E-state index contributed by atoms with van der Waals surface area (Å²) in [7, 11) is 0. The lowest BCUT2D eigenvalue weighted by Crippen LogP contribution is -2.34. The first-order valence-electron chi connectivity index (χ1n) is 9.78. The Kier molecular flexibility index (Phi) is 5.73. The molecule has 0 atom stereocenters. The predicted molar refractivity (Wildman–Crippen MR) is 123 cm³/mol. The Balaban J connectivity index is 1.48. The van der Waals surface area contributed by atoms with Gasteiger partial charge < -0.3 is 16.0 Å². The fourth-order valence-corrected chi connectivity index (χ4v) is 3.58. The van der Waals surface area contributed by atoms with Crippen molar-refractivity contribution in [1.29, 1.82) is 0 Å². The summed E-state index contributed by atoms with van der Waals surface area (Å²) >= 11 is 6.13. The Morgan fingerprint density at radius 3 is 2.84 bits per heavy atom. The van der Waals surface area contributed by atoms with Gasteiger partial charge in [-0.1, -0.05) is 24.2 Å². The van der Waals surface area contributed by atoms with Gasteiger partial charge in [0.05, 0.1) is 12.2 Å². The standard InChI is InChI=1S/C24H22ClN5O/c1-15-7-23(26)28-11-20(15)12-29-24(31)18-5-6-27-22(10-18)14-30-13-19-9-21(25)4-3-17(19)8-16(30)2/h3-11,13H,2,12,14H2,1H3,(H2,26,28)(H,29,31). The number of aromatic nitrogens is 2. The SMILES string of the molecule is C=C1C=c2ccc(Cl)cc2=CN1Cc1cc(C(=O)NCc2cnc(N)cc2C)ccn1. The number of nitrogens with two attached hydrogens (primary N) is 1. The molecule has 1 aromatic carbocycles. The van der Waals surface area contributed by atoms with Gasteiger partial charge in [-0.3, -0.25) is 9.78 Å². The van der Waals surface area contributed by atoms with Crippen LogP contribution in [0.2, 0.25) is 5.02 Å². The molecule has 0 aliphatic carbocycles. The summed E-state index contributed by atoms with van der Waals surface area (Å²) < 4.78 is 0. The third-order valence-corrected chi connectivity index (χ3v) is 5.36. The molecule has 1 aliphatic heterocycles. The van der Waals surface area contributed by atoms with E-state index in [-0.39, 0.29) is 5.91 Å². The number of nitrogens with zero attached hydrogens (tertiary/aromatic N) is 3. The molecule has 3 aromatic rings. The fraction of sp³-hybridized carbons (Fsp3) is 0.125. The van der Waals surface area contributed by atoms with E-state index in [0.717, 1.165) is 33.0 Å². The van der Waals surface area contributed by atoms with E-state index < -0.39 is 0 Å². The van der Waals surface area contributed by atoms with E-state index in [4.69, 9.17) is 17.3 Å². The quantitative estimate of drug-likeness (QED) is 0.648. The molecule has 0 unspecified atom stereocenters. The van der Waals surface area contributed by atoms with E-state index in [2.05, 4.69) is 21.9 Å². The van der Waals surface area contributed by atoms with Crippen molar-refractivity contribution in [2.45, 2.75) is 20.0 Å². The first-order valence-corrected chi connectivity index (χ1v) is 10.2. The first-order chi connectivity index (χ1) is 14.9. The highest BCUT2D eigenvalue weighted by Crippen LogP contribution is 2.14. The van der Waals surface area contributed by atoms with E-state index >= 15 is 0 Å². The number of fused-ring (bicyclic) bond motifs is 1. The monoisotopic (exact) mass is 431 g/mol. The second-order valence-corrected chi connectivity index (χ2v) is 7.86. The molecule has 1 aliphatic rings. The molecule has 156 valence electrons. The van der Waals surface area contributed by atoms with Crippen LogP contribution in [0.25, 0.3) is 12.3 Å². The molecule has 0 saturated carbocycles. The van der Waals surface area contributed by atoms with E-state index in [9.17, 15) is 4.79 Å². The number of nitrogen functional groups attached to an aromatic ring is 1. The summed E-state index contributed by atoms with van der Waals surface area (Å²) in [5.74, 6) is 0.287. The van der Waals surface area contributed by atoms with Crippen LogP contribution in [-0.4, -0.2) is 20.8 Å². The molecule has 0 bridgehead atoms. The van der Waals surface area contributed by atoms with Crippen LogP contribution in [0, 0.1) is 6.92 Å². The summed E-state index contributed by atoms with van der Waals surface area (Å²) in [6.45, 7) is 6.93. The van der Waals surface area contributed by atoms with Gasteiger partial charge in [0.15, 0.2) is 0 Å². The number of nitrogens with one attached hydrogen (secondary N) is 1. The van der Waals surface area contributed by atoms with Crippen LogP contribution in [0.5, 0.6) is 0 Å². The lowest BCUT2D eigenvalue weighted by Gasteiger charge is -2.23. The molecule has 6 nitrogen and oxygen atoms in total. The van der Waals surface area contributed by atoms with E-state index in [1.807, 2.05) is 42.3 Å². The average molecular weight is 432 g/mol. The maximum absolute atomic E-state index is 12.7. The number of hydrogen-bond donors (Lipinski definition) is 2. The predicted octanol–water partition coefficient (Wildman–Crippen LogP) is 2.50. The summed E-state index contributed by atoms with van der Waals surface area (Å²) in [4.78, 5) is 23.2. The van der Waals surface area contributed by atoms with Gasteiger partial charge in [-0.05, 0) is 64.9 Å². The Morgan fingerprint density at radius 1 is 1.19 bits per heavy atom. The molecule has 0 spiro atoms. The van der Waals surface area contributed by atoms with Gasteiger partial charge in [-0.2, -0.15) is 0 Å². The normalized spacial score (nSPS) is 12.6. The number of anilines is 1. The first kappa shape index (κ1) is 20.6. The number of halogens is 1. The number of hydrogen-bond acceptors (Lipinski definition) is 5. The molecule has 3 N–H and O–H groups in total. The smallest absolute Gasteiger partial charge is 0.251 e. The fourth-order valence-electron chi connectivity index (χ4n) is 3.40. The molecule has 0 fully saturated rings. The van der Waals surface area contributed by atoms with E-state index in [1.165, 1.54) is 0 Å². The van der Waals surface area contributed by atoms with Gasteiger partial charge in [-0.15, -0.1) is 0 Å². The average Bonchev–Trinajstić information content (AvgIpc) is 2.74. The largest absolute Gasteiger partial charge is 0.384 e. The van der Waals surface area contributed by atoms with Gasteiger partial charge in [0.2, 0.25) is 0 Å². The molecule has 2 aromatic heterocycles. The van der Waals surface area contributed by atoms with Crippen LogP contribution in [0.1, 0.15) is 27.2 Å². The zero-order valence-electron chi connectivity index (χ0n) is 17.1. The number of carbonyl (C=O) groups excluding carboxylic acids is 1. The maximum Gasteiger partial charge on any atom is 0.251 e. The van der Waals surface area contributed by atoms with Crippen LogP contribution >= 0.6 is 11.6 Å². The topological polar surface area (TPSA) is 84.1 Å². The van der Waals surface area contributed by atoms with Crippen molar-refractivity contribution < 1.29 is 4.79 Å². The molecule has 0 saturated heterocycles. The summed E-state index contributed by atoms with van der Waals surface area (Å²) in [6, 6.07) is 11.0. The van der Waals surface area contributed by atoms with Crippen LogP contribution in [0.3, 0.4) is 0 Å². The number of rotatable bonds is 5. The van der Waals surface area contributed by atoms with Crippen molar-refractivity contribution in [3.63, 3.8) is 0 Å². The van der Waals surface area contributed by atoms with E-state index in [1.54, 1.807) is 30.6 Å². The minimum absolute atomic E-state index is 0.176. The van der Waals surface area contributed by atoms with Crippen LogP contribution < -0.4 is 21.5 Å². The second-order valence-electron chi connectivity index (χ2n) is 7.42. The Morgan fingerprint density at radius 2 is 2.03 bits per heavy atom. The Bertz CT molecular complexity index is 1300. The molecule has 0 radical (unpaired) electrons. The maximum atomic E-state index is 12.7. The number of allylic oxidation sites excluding steroid dienone is 1. The Labute approximate surface area is 185 Å². The van der Waals surface area contributed by atoms with Crippen molar-refractivity contribution in [2.24, 2.45) is 0 Å². The van der Waals surface area contributed by atoms with Crippen LogP contribution in [0.4, 0.5) is 5.82 Å². The van der Waals surface area contributed by atoms with Gasteiger partial charge in [0.1, 0.15) is 5.82 Å². The lowest BCUT2D eigenvalue weighted by atomic mass is 10.1. The number of benzene rings is 1. The highest BCUT2D eigenvalue weighted by molar-refractivity contribution is 6.30. The zero-order chi connectivity index (χ0) is 22.0. The molecule has 7 heteroatoms. The second kappa shape index (κ2) is 8.62. The van der Waals surface area contributed by atoms with Crippen molar-refractivity contribution in [2.75, 3.05) is 5.73 Å². The van der Waals surface area contributed by atoms with Crippen molar-refractivity contribution in [3.8, 4) is 0 Å². The van der Waals surface area contributed by atoms with Gasteiger partial charge in [0.25, 0.3) is 5.91 Å².